The zero-order valence-corrected chi connectivity index (χ0v) is 17.1. The van der Waals surface area contributed by atoms with E-state index in [1.807, 2.05) is 6.07 Å². The van der Waals surface area contributed by atoms with Crippen LogP contribution in [0.15, 0.2) is 81.5 Å². The van der Waals surface area contributed by atoms with Crippen molar-refractivity contribution < 1.29 is 22.6 Å². The number of benzene rings is 3. The molecule has 0 unspecified atom stereocenters. The Kier molecular flexibility index (Phi) is 6.19. The summed E-state index contributed by atoms with van der Waals surface area (Å²) in [4.78, 5) is 4.80. The summed E-state index contributed by atoms with van der Waals surface area (Å²) >= 11 is 0. The van der Waals surface area contributed by atoms with Crippen LogP contribution in [0, 0.1) is 0 Å². The molecule has 3 aromatic rings. The molecule has 3 rings (SSSR count). The minimum absolute atomic E-state index is 0.143. The Hall–Kier alpha value is -3.32. The van der Waals surface area contributed by atoms with Gasteiger partial charge in [-0.1, -0.05) is 18.2 Å². The van der Waals surface area contributed by atoms with Crippen LogP contribution < -0.4 is 14.2 Å². The van der Waals surface area contributed by atoms with E-state index >= 15 is 0 Å². The van der Waals surface area contributed by atoms with E-state index in [2.05, 4.69) is 4.99 Å². The second-order valence-electron chi connectivity index (χ2n) is 6.02. The van der Waals surface area contributed by atoms with Crippen molar-refractivity contribution >= 4 is 21.7 Å². The lowest BCUT2D eigenvalue weighted by Gasteiger charge is -2.09. The smallest absolute Gasteiger partial charge is 0.206 e. The van der Waals surface area contributed by atoms with Crippen LogP contribution in [-0.2, 0) is 9.84 Å². The standard InChI is InChI=1S/C22H21NO5S/c1-26-20-12-10-18(29(24,25)17-7-5-4-6-8-17)14-19(20)23-15-16-9-11-21(27-2)22(13-16)28-3/h4-15H,1-3H3. The summed E-state index contributed by atoms with van der Waals surface area (Å²) in [5, 5.41) is 0. The molecule has 0 aliphatic carbocycles. The highest BCUT2D eigenvalue weighted by Gasteiger charge is 2.19. The number of aliphatic imine (C=N–C) groups is 1. The fraction of sp³-hybridized carbons (Fsp3) is 0.136. The molecule has 0 aliphatic rings. The van der Waals surface area contributed by atoms with Crippen LogP contribution in [0.4, 0.5) is 5.69 Å². The van der Waals surface area contributed by atoms with Crippen molar-refractivity contribution in [2.24, 2.45) is 4.99 Å². The molecular weight excluding hydrogens is 390 g/mol. The van der Waals surface area contributed by atoms with E-state index in [-0.39, 0.29) is 9.79 Å². The molecular formula is C22H21NO5S. The zero-order valence-electron chi connectivity index (χ0n) is 16.3. The Bertz CT molecular complexity index is 1130. The van der Waals surface area contributed by atoms with E-state index in [1.165, 1.54) is 19.2 Å². The molecule has 0 radical (unpaired) electrons. The van der Waals surface area contributed by atoms with Gasteiger partial charge >= 0.3 is 0 Å². The van der Waals surface area contributed by atoms with Crippen LogP contribution in [0.25, 0.3) is 0 Å². The Labute approximate surface area is 170 Å². The largest absolute Gasteiger partial charge is 0.494 e. The van der Waals surface area contributed by atoms with Crippen LogP contribution >= 0.6 is 0 Å². The van der Waals surface area contributed by atoms with Gasteiger partial charge in [-0.05, 0) is 54.1 Å². The fourth-order valence-electron chi connectivity index (χ4n) is 2.75. The molecule has 0 heterocycles. The first-order valence-electron chi connectivity index (χ1n) is 8.74. The third-order valence-corrected chi connectivity index (χ3v) is 6.04. The van der Waals surface area contributed by atoms with Gasteiger partial charge in [0.25, 0.3) is 0 Å². The molecule has 3 aromatic carbocycles. The average Bonchev–Trinajstić information content (AvgIpc) is 2.77. The molecule has 0 N–H and O–H groups in total. The lowest BCUT2D eigenvalue weighted by atomic mass is 10.2. The summed E-state index contributed by atoms with van der Waals surface area (Å²) in [5.41, 5.74) is 1.17. The van der Waals surface area contributed by atoms with Crippen molar-refractivity contribution in [3.63, 3.8) is 0 Å². The van der Waals surface area contributed by atoms with Gasteiger partial charge in [0.2, 0.25) is 9.84 Å². The summed E-state index contributed by atoms with van der Waals surface area (Å²) in [6.45, 7) is 0. The van der Waals surface area contributed by atoms with Crippen molar-refractivity contribution in [3.05, 3.63) is 72.3 Å². The Morgan fingerprint density at radius 1 is 0.724 bits per heavy atom. The molecule has 0 saturated carbocycles. The highest BCUT2D eigenvalue weighted by Crippen LogP contribution is 2.33. The molecule has 150 valence electrons. The van der Waals surface area contributed by atoms with Gasteiger partial charge in [0, 0.05) is 6.21 Å². The number of nitrogens with zero attached hydrogens (tertiary/aromatic N) is 1. The summed E-state index contributed by atoms with van der Waals surface area (Å²) in [5.74, 6) is 1.65. The quantitative estimate of drug-likeness (QED) is 0.542. The highest BCUT2D eigenvalue weighted by molar-refractivity contribution is 7.91. The molecule has 6 nitrogen and oxygen atoms in total. The lowest BCUT2D eigenvalue weighted by Crippen LogP contribution is -2.01. The third kappa shape index (κ3) is 4.41. The minimum Gasteiger partial charge on any atom is -0.494 e. The predicted molar refractivity (Wildman–Crippen MR) is 112 cm³/mol. The third-order valence-electron chi connectivity index (χ3n) is 4.27. The van der Waals surface area contributed by atoms with Gasteiger partial charge in [-0.3, -0.25) is 4.99 Å². The maximum atomic E-state index is 12.9. The van der Waals surface area contributed by atoms with Gasteiger partial charge in [-0.2, -0.15) is 0 Å². The van der Waals surface area contributed by atoms with Crippen LogP contribution in [0.1, 0.15) is 5.56 Å². The molecule has 0 aromatic heterocycles. The van der Waals surface area contributed by atoms with E-state index in [1.54, 1.807) is 69.0 Å². The molecule has 0 saturated heterocycles. The summed E-state index contributed by atoms with van der Waals surface area (Å²) in [6.07, 6.45) is 1.61. The first-order chi connectivity index (χ1) is 14.0. The summed E-state index contributed by atoms with van der Waals surface area (Å²) in [7, 11) is 0.975. The molecule has 29 heavy (non-hydrogen) atoms. The van der Waals surface area contributed by atoms with E-state index in [4.69, 9.17) is 14.2 Å². The first-order valence-corrected chi connectivity index (χ1v) is 10.2. The van der Waals surface area contributed by atoms with Crippen molar-refractivity contribution in [2.75, 3.05) is 21.3 Å². The molecule has 0 fully saturated rings. The van der Waals surface area contributed by atoms with Crippen LogP contribution in [0.5, 0.6) is 17.2 Å². The summed E-state index contributed by atoms with van der Waals surface area (Å²) in [6, 6.07) is 18.2. The molecule has 0 bridgehead atoms. The van der Waals surface area contributed by atoms with Crippen molar-refractivity contribution in [3.8, 4) is 17.2 Å². The van der Waals surface area contributed by atoms with Crippen molar-refractivity contribution in [1.29, 1.82) is 0 Å². The lowest BCUT2D eigenvalue weighted by molar-refractivity contribution is 0.355. The van der Waals surface area contributed by atoms with Gasteiger partial charge < -0.3 is 14.2 Å². The molecule has 0 amide bonds. The number of methoxy groups -OCH3 is 3. The number of hydrogen-bond donors (Lipinski definition) is 0. The Morgan fingerprint density at radius 2 is 1.38 bits per heavy atom. The second-order valence-corrected chi connectivity index (χ2v) is 7.97. The monoisotopic (exact) mass is 411 g/mol. The minimum atomic E-state index is -3.66. The van der Waals surface area contributed by atoms with Crippen LogP contribution in [-0.4, -0.2) is 36.0 Å². The predicted octanol–water partition coefficient (Wildman–Crippen LogP) is 4.30. The Balaban J connectivity index is 1.99. The zero-order chi connectivity index (χ0) is 20.9. The first kappa shape index (κ1) is 20.4. The van der Waals surface area contributed by atoms with Crippen LogP contribution in [0.3, 0.4) is 0 Å². The Morgan fingerprint density at radius 3 is 2.03 bits per heavy atom. The topological polar surface area (TPSA) is 74.2 Å². The van der Waals surface area contributed by atoms with Crippen molar-refractivity contribution in [2.45, 2.75) is 9.79 Å². The number of sulfone groups is 1. The number of rotatable bonds is 7. The average molecular weight is 411 g/mol. The van der Waals surface area contributed by atoms with E-state index in [0.29, 0.717) is 22.9 Å². The molecule has 0 spiro atoms. The van der Waals surface area contributed by atoms with Gasteiger partial charge in [-0.15, -0.1) is 0 Å². The normalized spacial score (nSPS) is 11.4. The van der Waals surface area contributed by atoms with E-state index < -0.39 is 9.84 Å². The fourth-order valence-corrected chi connectivity index (χ4v) is 4.05. The maximum absolute atomic E-state index is 12.9. The SMILES string of the molecule is COc1ccc(S(=O)(=O)c2ccccc2)cc1N=Cc1ccc(OC)c(OC)c1. The van der Waals surface area contributed by atoms with Gasteiger partial charge in [0.15, 0.2) is 11.5 Å². The second kappa shape index (κ2) is 8.79. The van der Waals surface area contributed by atoms with Crippen molar-refractivity contribution in [1.82, 2.24) is 0 Å². The van der Waals surface area contributed by atoms with Gasteiger partial charge in [-0.25, -0.2) is 8.42 Å². The number of ether oxygens (including phenoxy) is 3. The van der Waals surface area contributed by atoms with E-state index in [9.17, 15) is 8.42 Å². The molecule has 7 heteroatoms. The van der Waals surface area contributed by atoms with Gasteiger partial charge in [0.1, 0.15) is 11.4 Å². The van der Waals surface area contributed by atoms with Gasteiger partial charge in [0.05, 0.1) is 31.1 Å². The maximum Gasteiger partial charge on any atom is 0.206 e. The summed E-state index contributed by atoms with van der Waals surface area (Å²) < 4.78 is 41.6. The molecule has 0 atom stereocenters. The molecule has 0 aliphatic heterocycles. The highest BCUT2D eigenvalue weighted by atomic mass is 32.2. The number of hydrogen-bond acceptors (Lipinski definition) is 6. The van der Waals surface area contributed by atoms with Crippen LogP contribution in [0.2, 0.25) is 0 Å². The van der Waals surface area contributed by atoms with E-state index in [0.717, 1.165) is 5.56 Å².